The van der Waals surface area contributed by atoms with E-state index in [4.69, 9.17) is 0 Å². The van der Waals surface area contributed by atoms with Gasteiger partial charge in [0.25, 0.3) is 5.91 Å². The van der Waals surface area contributed by atoms with Gasteiger partial charge in [-0.3, -0.25) is 4.79 Å². The molecule has 0 aliphatic carbocycles. The molecule has 0 spiro atoms. The molecule has 1 amide bonds. The van der Waals surface area contributed by atoms with E-state index in [1.165, 1.54) is 0 Å². The zero-order chi connectivity index (χ0) is 15.5. The lowest BCUT2D eigenvalue weighted by Crippen LogP contribution is -2.35. The summed E-state index contributed by atoms with van der Waals surface area (Å²) in [4.78, 5) is 14.9. The molecule has 122 valence electrons. The molecular formula is C17H21ClN4O. The van der Waals surface area contributed by atoms with Crippen LogP contribution in [0.4, 0.5) is 5.69 Å². The van der Waals surface area contributed by atoms with E-state index < -0.39 is 0 Å². The average Bonchev–Trinajstić information content (AvgIpc) is 2.76. The van der Waals surface area contributed by atoms with E-state index in [9.17, 15) is 4.79 Å². The third-order valence-electron chi connectivity index (χ3n) is 3.91. The van der Waals surface area contributed by atoms with Crippen LogP contribution in [0.15, 0.2) is 30.3 Å². The highest BCUT2D eigenvalue weighted by Gasteiger charge is 2.24. The number of para-hydroxylation sites is 1. The first-order valence-corrected chi connectivity index (χ1v) is 7.64. The summed E-state index contributed by atoms with van der Waals surface area (Å²) in [5.74, 6) is 0.00556. The minimum atomic E-state index is 0. The van der Waals surface area contributed by atoms with Crippen molar-refractivity contribution in [3.05, 3.63) is 52.8 Å². The molecule has 1 aliphatic rings. The number of nitrogens with zero attached hydrogens (tertiary/aromatic N) is 3. The SMILES string of the molecule is CCc1nnc(C)cc1C(=O)N1CCNCc2ccccc21.Cl. The van der Waals surface area contributed by atoms with Crippen LogP contribution >= 0.6 is 12.4 Å². The van der Waals surface area contributed by atoms with Crippen LogP contribution in [0.3, 0.4) is 0 Å². The number of fused-ring (bicyclic) bond motifs is 1. The smallest absolute Gasteiger partial charge is 0.260 e. The number of aryl methyl sites for hydroxylation is 2. The highest BCUT2D eigenvalue weighted by molar-refractivity contribution is 6.07. The molecule has 1 N–H and O–H groups in total. The molecule has 0 atom stereocenters. The lowest BCUT2D eigenvalue weighted by Gasteiger charge is -2.23. The maximum atomic E-state index is 13.1. The highest BCUT2D eigenvalue weighted by Crippen LogP contribution is 2.24. The molecule has 0 saturated heterocycles. The summed E-state index contributed by atoms with van der Waals surface area (Å²) < 4.78 is 0. The van der Waals surface area contributed by atoms with Gasteiger partial charge in [0, 0.05) is 25.3 Å². The molecule has 0 saturated carbocycles. The van der Waals surface area contributed by atoms with Crippen LogP contribution < -0.4 is 10.2 Å². The summed E-state index contributed by atoms with van der Waals surface area (Å²) in [7, 11) is 0. The molecule has 6 heteroatoms. The molecule has 0 bridgehead atoms. The normalized spacial score (nSPS) is 13.7. The van der Waals surface area contributed by atoms with E-state index in [-0.39, 0.29) is 18.3 Å². The van der Waals surface area contributed by atoms with Gasteiger partial charge in [-0.25, -0.2) is 0 Å². The van der Waals surface area contributed by atoms with E-state index in [0.717, 1.165) is 35.7 Å². The van der Waals surface area contributed by atoms with Crippen LogP contribution in [0.5, 0.6) is 0 Å². The first kappa shape index (κ1) is 17.4. The van der Waals surface area contributed by atoms with E-state index >= 15 is 0 Å². The Bertz CT molecular complexity index is 705. The van der Waals surface area contributed by atoms with Crippen molar-refractivity contribution in [3.8, 4) is 0 Å². The van der Waals surface area contributed by atoms with Crippen molar-refractivity contribution in [1.29, 1.82) is 0 Å². The van der Waals surface area contributed by atoms with Crippen LogP contribution in [0.25, 0.3) is 0 Å². The number of carbonyl (C=O) groups excluding carboxylic acids is 1. The zero-order valence-electron chi connectivity index (χ0n) is 13.4. The van der Waals surface area contributed by atoms with Gasteiger partial charge in [0.05, 0.1) is 17.0 Å². The molecule has 2 aromatic rings. The van der Waals surface area contributed by atoms with Crippen molar-refractivity contribution in [2.75, 3.05) is 18.0 Å². The Kier molecular flexibility index (Phi) is 5.69. The second-order valence-corrected chi connectivity index (χ2v) is 5.46. The number of rotatable bonds is 2. The van der Waals surface area contributed by atoms with Gasteiger partial charge in [0.2, 0.25) is 0 Å². The van der Waals surface area contributed by atoms with Crippen LogP contribution in [-0.4, -0.2) is 29.2 Å². The molecule has 0 radical (unpaired) electrons. The van der Waals surface area contributed by atoms with E-state index in [2.05, 4.69) is 21.6 Å². The van der Waals surface area contributed by atoms with Crippen molar-refractivity contribution < 1.29 is 4.79 Å². The summed E-state index contributed by atoms with van der Waals surface area (Å²) in [6.45, 7) is 6.07. The van der Waals surface area contributed by atoms with Crippen LogP contribution in [0.1, 0.15) is 34.2 Å². The molecule has 0 fully saturated rings. The fourth-order valence-electron chi connectivity index (χ4n) is 2.77. The Morgan fingerprint density at radius 2 is 2.09 bits per heavy atom. The summed E-state index contributed by atoms with van der Waals surface area (Å²) in [5.41, 5.74) is 4.30. The molecule has 23 heavy (non-hydrogen) atoms. The van der Waals surface area contributed by atoms with Crippen LogP contribution in [-0.2, 0) is 13.0 Å². The first-order chi connectivity index (χ1) is 10.7. The molecule has 3 rings (SSSR count). The van der Waals surface area contributed by atoms with Crippen molar-refractivity contribution in [2.45, 2.75) is 26.8 Å². The Morgan fingerprint density at radius 1 is 1.30 bits per heavy atom. The Balaban J connectivity index is 0.00000192. The van der Waals surface area contributed by atoms with Gasteiger partial charge in [0.15, 0.2) is 0 Å². The quantitative estimate of drug-likeness (QED) is 0.918. The van der Waals surface area contributed by atoms with Crippen molar-refractivity contribution in [1.82, 2.24) is 15.5 Å². The summed E-state index contributed by atoms with van der Waals surface area (Å²) in [5, 5.41) is 11.6. The van der Waals surface area contributed by atoms with Crippen molar-refractivity contribution in [2.24, 2.45) is 0 Å². The van der Waals surface area contributed by atoms with Gasteiger partial charge in [0.1, 0.15) is 0 Å². The second kappa shape index (κ2) is 7.53. The molecule has 1 aromatic carbocycles. The zero-order valence-corrected chi connectivity index (χ0v) is 14.2. The third-order valence-corrected chi connectivity index (χ3v) is 3.91. The van der Waals surface area contributed by atoms with Gasteiger partial charge in [-0.1, -0.05) is 25.1 Å². The topological polar surface area (TPSA) is 58.1 Å². The van der Waals surface area contributed by atoms with E-state index in [0.29, 0.717) is 18.5 Å². The fourth-order valence-corrected chi connectivity index (χ4v) is 2.77. The third kappa shape index (κ3) is 3.51. The predicted molar refractivity (Wildman–Crippen MR) is 93.2 cm³/mol. The van der Waals surface area contributed by atoms with Crippen molar-refractivity contribution in [3.63, 3.8) is 0 Å². The molecule has 2 heterocycles. The minimum Gasteiger partial charge on any atom is -0.311 e. The van der Waals surface area contributed by atoms with Crippen LogP contribution in [0.2, 0.25) is 0 Å². The number of hydrogen-bond donors (Lipinski definition) is 1. The van der Waals surface area contributed by atoms with Gasteiger partial charge in [-0.05, 0) is 31.0 Å². The largest absolute Gasteiger partial charge is 0.311 e. The number of carbonyl (C=O) groups is 1. The molecular weight excluding hydrogens is 312 g/mol. The molecule has 5 nitrogen and oxygen atoms in total. The van der Waals surface area contributed by atoms with Gasteiger partial charge < -0.3 is 10.2 Å². The number of aromatic nitrogens is 2. The summed E-state index contributed by atoms with van der Waals surface area (Å²) in [6, 6.07) is 9.89. The second-order valence-electron chi connectivity index (χ2n) is 5.46. The van der Waals surface area contributed by atoms with Gasteiger partial charge in [-0.2, -0.15) is 10.2 Å². The number of hydrogen-bond acceptors (Lipinski definition) is 4. The standard InChI is InChI=1S/C17H20N4O.ClH/c1-3-15-14(10-12(2)19-20-15)17(22)21-9-8-18-11-13-6-4-5-7-16(13)21;/h4-7,10,18H,3,8-9,11H2,1-2H3;1H. The minimum absolute atomic E-state index is 0. The van der Waals surface area contributed by atoms with Crippen molar-refractivity contribution >= 4 is 24.0 Å². The highest BCUT2D eigenvalue weighted by atomic mass is 35.5. The number of anilines is 1. The maximum Gasteiger partial charge on any atom is 0.260 e. The monoisotopic (exact) mass is 332 g/mol. The number of amides is 1. The van der Waals surface area contributed by atoms with Gasteiger partial charge >= 0.3 is 0 Å². The first-order valence-electron chi connectivity index (χ1n) is 7.64. The Hall–Kier alpha value is -1.98. The number of halogens is 1. The Morgan fingerprint density at radius 3 is 2.87 bits per heavy atom. The molecule has 1 aliphatic heterocycles. The Labute approximate surface area is 142 Å². The molecule has 0 unspecified atom stereocenters. The summed E-state index contributed by atoms with van der Waals surface area (Å²) >= 11 is 0. The lowest BCUT2D eigenvalue weighted by atomic mass is 10.1. The molecule has 1 aromatic heterocycles. The predicted octanol–water partition coefficient (Wildman–Crippen LogP) is 2.52. The maximum absolute atomic E-state index is 13.1. The van der Waals surface area contributed by atoms with E-state index in [1.54, 1.807) is 0 Å². The van der Waals surface area contributed by atoms with Crippen LogP contribution in [0, 0.1) is 6.92 Å². The summed E-state index contributed by atoms with van der Waals surface area (Å²) in [6.07, 6.45) is 0.697. The number of benzene rings is 1. The lowest BCUT2D eigenvalue weighted by molar-refractivity contribution is 0.0986. The fraction of sp³-hybridized carbons (Fsp3) is 0.353. The van der Waals surface area contributed by atoms with Gasteiger partial charge in [-0.15, -0.1) is 12.4 Å². The average molecular weight is 333 g/mol. The van der Waals surface area contributed by atoms with E-state index in [1.807, 2.05) is 43.0 Å². The number of nitrogens with one attached hydrogen (secondary N) is 1.